The summed E-state index contributed by atoms with van der Waals surface area (Å²) in [5.41, 5.74) is -2.23. The Balaban J connectivity index is 3.32. The number of carboxylic acid groups (broad SMARTS) is 1. The van der Waals surface area contributed by atoms with E-state index < -0.39 is 40.7 Å². The zero-order valence-electron chi connectivity index (χ0n) is 7.76. The molecule has 86 valence electrons. The highest BCUT2D eigenvalue weighted by molar-refractivity contribution is 5.71. The van der Waals surface area contributed by atoms with E-state index in [2.05, 4.69) is 4.98 Å². The zero-order valence-corrected chi connectivity index (χ0v) is 7.76. The molecule has 8 heteroatoms. The molecule has 0 bridgehead atoms. The maximum atomic E-state index is 12.4. The summed E-state index contributed by atoms with van der Waals surface area (Å²) in [4.78, 5) is 23.3. The van der Waals surface area contributed by atoms with Gasteiger partial charge in [0.2, 0.25) is 0 Å². The average molecular weight is 232 g/mol. The van der Waals surface area contributed by atoms with E-state index in [0.29, 0.717) is 0 Å². The number of hydrogen-bond donors (Lipinski definition) is 1. The van der Waals surface area contributed by atoms with Crippen LogP contribution in [0.25, 0.3) is 0 Å². The second kappa shape index (κ2) is 4.60. The first-order chi connectivity index (χ1) is 7.43. The van der Waals surface area contributed by atoms with Gasteiger partial charge in [0, 0.05) is 6.20 Å². The predicted molar refractivity (Wildman–Crippen MR) is 47.2 cm³/mol. The number of aliphatic carboxylic acids is 1. The van der Waals surface area contributed by atoms with Gasteiger partial charge < -0.3 is 5.11 Å². The van der Waals surface area contributed by atoms with Gasteiger partial charge in [-0.15, -0.1) is 0 Å². The number of aromatic nitrogens is 1. The summed E-state index contributed by atoms with van der Waals surface area (Å²) in [5, 5.41) is 19.0. The topological polar surface area (TPSA) is 93.3 Å². The quantitative estimate of drug-likeness (QED) is 0.627. The molecule has 0 aliphatic rings. The highest BCUT2D eigenvalue weighted by atomic mass is 19.3. The predicted octanol–water partition coefficient (Wildman–Crippen LogP) is 1.55. The Hall–Kier alpha value is -2.12. The Kier molecular flexibility index (Phi) is 3.44. The van der Waals surface area contributed by atoms with E-state index in [9.17, 15) is 23.7 Å². The van der Waals surface area contributed by atoms with E-state index in [4.69, 9.17) is 5.11 Å². The fourth-order valence-electron chi connectivity index (χ4n) is 1.17. The Bertz CT molecular complexity index is 436. The number of nitrogens with zero attached hydrogens (tertiary/aromatic N) is 2. The van der Waals surface area contributed by atoms with Crippen LogP contribution in [0.15, 0.2) is 12.3 Å². The molecule has 0 aromatic carbocycles. The summed E-state index contributed by atoms with van der Waals surface area (Å²) in [6, 6.07) is 0.800. The fraction of sp³-hybridized carbons (Fsp3) is 0.250. The third-order valence-electron chi connectivity index (χ3n) is 1.77. The SMILES string of the molecule is O=C(O)Cc1nccc(C(F)F)c1[N+](=O)[O-]. The van der Waals surface area contributed by atoms with E-state index in [1.807, 2.05) is 0 Å². The van der Waals surface area contributed by atoms with E-state index in [0.717, 1.165) is 12.3 Å². The maximum Gasteiger partial charge on any atom is 0.309 e. The van der Waals surface area contributed by atoms with Gasteiger partial charge in [-0.1, -0.05) is 0 Å². The molecule has 16 heavy (non-hydrogen) atoms. The van der Waals surface area contributed by atoms with Crippen molar-refractivity contribution < 1.29 is 23.6 Å². The minimum Gasteiger partial charge on any atom is -0.481 e. The normalized spacial score (nSPS) is 10.4. The van der Waals surface area contributed by atoms with Gasteiger partial charge >= 0.3 is 5.97 Å². The van der Waals surface area contributed by atoms with Crippen molar-refractivity contribution in [1.82, 2.24) is 4.98 Å². The Morgan fingerprint density at radius 1 is 1.62 bits per heavy atom. The molecule has 0 saturated carbocycles. The first kappa shape index (κ1) is 12.0. The largest absolute Gasteiger partial charge is 0.481 e. The molecule has 0 unspecified atom stereocenters. The molecule has 0 aliphatic carbocycles. The van der Waals surface area contributed by atoms with Crippen LogP contribution in [-0.2, 0) is 11.2 Å². The van der Waals surface area contributed by atoms with Gasteiger partial charge in [-0.05, 0) is 6.07 Å². The Morgan fingerprint density at radius 3 is 2.69 bits per heavy atom. The molecule has 0 aliphatic heterocycles. The van der Waals surface area contributed by atoms with Gasteiger partial charge in [0.25, 0.3) is 12.1 Å². The Morgan fingerprint density at radius 2 is 2.25 bits per heavy atom. The van der Waals surface area contributed by atoms with Crippen LogP contribution in [-0.4, -0.2) is 21.0 Å². The van der Waals surface area contributed by atoms with Gasteiger partial charge in [0.15, 0.2) is 0 Å². The van der Waals surface area contributed by atoms with Gasteiger partial charge in [-0.3, -0.25) is 19.9 Å². The molecule has 0 atom stereocenters. The lowest BCUT2D eigenvalue weighted by atomic mass is 10.1. The molecule has 0 spiro atoms. The Labute approximate surface area is 87.7 Å². The van der Waals surface area contributed by atoms with Crippen molar-refractivity contribution in [3.05, 3.63) is 33.6 Å². The van der Waals surface area contributed by atoms with Crippen molar-refractivity contribution in [3.63, 3.8) is 0 Å². The molecular formula is C8H6F2N2O4. The summed E-state index contributed by atoms with van der Waals surface area (Å²) >= 11 is 0. The summed E-state index contributed by atoms with van der Waals surface area (Å²) in [6.07, 6.45) is -2.89. The number of carboxylic acids is 1. The smallest absolute Gasteiger partial charge is 0.309 e. The molecule has 0 amide bonds. The molecular weight excluding hydrogens is 226 g/mol. The van der Waals surface area contributed by atoms with Crippen LogP contribution in [0.4, 0.5) is 14.5 Å². The molecule has 1 rings (SSSR count). The molecule has 0 saturated heterocycles. The monoisotopic (exact) mass is 232 g/mol. The van der Waals surface area contributed by atoms with Crippen LogP contribution < -0.4 is 0 Å². The summed E-state index contributed by atoms with van der Waals surface area (Å²) in [6.45, 7) is 0. The minimum absolute atomic E-state index is 0.477. The molecule has 1 N–H and O–H groups in total. The lowest BCUT2D eigenvalue weighted by Crippen LogP contribution is -2.08. The zero-order chi connectivity index (χ0) is 12.3. The van der Waals surface area contributed by atoms with Crippen LogP contribution in [0.3, 0.4) is 0 Å². The molecule has 1 heterocycles. The molecule has 1 aromatic rings. The molecule has 0 radical (unpaired) electrons. The number of pyridine rings is 1. The third-order valence-corrected chi connectivity index (χ3v) is 1.77. The summed E-state index contributed by atoms with van der Waals surface area (Å²) in [7, 11) is 0. The number of carbonyl (C=O) groups is 1. The van der Waals surface area contributed by atoms with Gasteiger partial charge in [0.05, 0.1) is 16.9 Å². The fourth-order valence-corrected chi connectivity index (χ4v) is 1.17. The van der Waals surface area contributed by atoms with E-state index in [1.165, 1.54) is 0 Å². The summed E-state index contributed by atoms with van der Waals surface area (Å²) in [5.74, 6) is -1.37. The number of rotatable bonds is 4. The van der Waals surface area contributed by atoms with Crippen LogP contribution in [0, 0.1) is 10.1 Å². The maximum absolute atomic E-state index is 12.4. The second-order valence-corrected chi connectivity index (χ2v) is 2.82. The minimum atomic E-state index is -3.05. The van der Waals surface area contributed by atoms with Crippen molar-refractivity contribution in [3.8, 4) is 0 Å². The molecule has 6 nitrogen and oxygen atoms in total. The lowest BCUT2D eigenvalue weighted by molar-refractivity contribution is -0.387. The highest BCUT2D eigenvalue weighted by Crippen LogP contribution is 2.30. The standard InChI is InChI=1S/C8H6F2N2O4/c9-8(10)4-1-2-11-5(3-6(13)14)7(4)12(15)16/h1-2,8H,3H2,(H,13,14). The third kappa shape index (κ3) is 2.47. The number of nitro groups is 1. The number of hydrogen-bond acceptors (Lipinski definition) is 4. The number of halogens is 2. The van der Waals surface area contributed by atoms with Crippen LogP contribution >= 0.6 is 0 Å². The first-order valence-corrected chi connectivity index (χ1v) is 4.05. The van der Waals surface area contributed by atoms with Crippen molar-refractivity contribution >= 4 is 11.7 Å². The van der Waals surface area contributed by atoms with Crippen LogP contribution in [0.2, 0.25) is 0 Å². The van der Waals surface area contributed by atoms with E-state index >= 15 is 0 Å². The van der Waals surface area contributed by atoms with Crippen LogP contribution in [0.5, 0.6) is 0 Å². The van der Waals surface area contributed by atoms with Gasteiger partial charge in [-0.25, -0.2) is 8.78 Å². The molecule has 1 aromatic heterocycles. The van der Waals surface area contributed by atoms with Crippen molar-refractivity contribution in [2.75, 3.05) is 0 Å². The van der Waals surface area contributed by atoms with E-state index in [1.54, 1.807) is 0 Å². The van der Waals surface area contributed by atoms with Crippen molar-refractivity contribution in [1.29, 1.82) is 0 Å². The van der Waals surface area contributed by atoms with Gasteiger partial charge in [-0.2, -0.15) is 0 Å². The highest BCUT2D eigenvalue weighted by Gasteiger charge is 2.27. The van der Waals surface area contributed by atoms with Crippen molar-refractivity contribution in [2.45, 2.75) is 12.8 Å². The first-order valence-electron chi connectivity index (χ1n) is 4.05. The van der Waals surface area contributed by atoms with Crippen LogP contribution in [0.1, 0.15) is 17.7 Å². The molecule has 0 fully saturated rings. The second-order valence-electron chi connectivity index (χ2n) is 2.82. The van der Waals surface area contributed by atoms with E-state index in [-0.39, 0.29) is 0 Å². The number of alkyl halides is 2. The lowest BCUT2D eigenvalue weighted by Gasteiger charge is -2.04. The van der Waals surface area contributed by atoms with Gasteiger partial charge in [0.1, 0.15) is 5.69 Å². The van der Waals surface area contributed by atoms with Crippen molar-refractivity contribution in [2.24, 2.45) is 0 Å². The summed E-state index contributed by atoms with van der Waals surface area (Å²) < 4.78 is 24.9. The average Bonchev–Trinajstić information content (AvgIpc) is 2.15.